The standard InChI is InChI=1S/C17H18BrNO2/c1-20-13-6-3-11-4-7-16(14(11)10-13)19-12-5-8-17(21-2)15(18)9-12/h3,5-6,8-10,16,19H,4,7H2,1-2H3. The lowest BCUT2D eigenvalue weighted by Crippen LogP contribution is -2.07. The lowest BCUT2D eigenvalue weighted by molar-refractivity contribution is 0.412. The van der Waals surface area contributed by atoms with Crippen LogP contribution < -0.4 is 14.8 Å². The van der Waals surface area contributed by atoms with Gasteiger partial charge in [-0.2, -0.15) is 0 Å². The lowest BCUT2D eigenvalue weighted by atomic mass is 10.1. The maximum Gasteiger partial charge on any atom is 0.133 e. The molecule has 0 fully saturated rings. The van der Waals surface area contributed by atoms with Gasteiger partial charge < -0.3 is 14.8 Å². The van der Waals surface area contributed by atoms with E-state index in [4.69, 9.17) is 9.47 Å². The van der Waals surface area contributed by atoms with Crippen LogP contribution in [-0.2, 0) is 6.42 Å². The first-order chi connectivity index (χ1) is 10.2. The van der Waals surface area contributed by atoms with E-state index in [9.17, 15) is 0 Å². The monoisotopic (exact) mass is 347 g/mol. The topological polar surface area (TPSA) is 30.5 Å². The molecule has 3 nitrogen and oxygen atoms in total. The normalized spacial score (nSPS) is 16.4. The molecule has 110 valence electrons. The van der Waals surface area contributed by atoms with Crippen LogP contribution in [-0.4, -0.2) is 14.2 Å². The summed E-state index contributed by atoms with van der Waals surface area (Å²) in [4.78, 5) is 0. The average molecular weight is 348 g/mol. The highest BCUT2D eigenvalue weighted by Crippen LogP contribution is 2.37. The molecule has 2 aromatic rings. The van der Waals surface area contributed by atoms with E-state index in [-0.39, 0.29) is 0 Å². The maximum atomic E-state index is 5.34. The number of fused-ring (bicyclic) bond motifs is 1. The summed E-state index contributed by atoms with van der Waals surface area (Å²) in [5, 5.41) is 3.60. The molecule has 0 amide bonds. The van der Waals surface area contributed by atoms with Crippen molar-refractivity contribution in [1.82, 2.24) is 0 Å². The van der Waals surface area contributed by atoms with Crippen molar-refractivity contribution in [3.8, 4) is 11.5 Å². The van der Waals surface area contributed by atoms with Gasteiger partial charge in [0.15, 0.2) is 0 Å². The Morgan fingerprint density at radius 1 is 1.10 bits per heavy atom. The molecule has 4 heteroatoms. The first-order valence-corrected chi connectivity index (χ1v) is 7.77. The second-order valence-corrected chi connectivity index (χ2v) is 6.00. The van der Waals surface area contributed by atoms with Crippen LogP contribution in [0.1, 0.15) is 23.6 Å². The molecule has 0 saturated carbocycles. The molecule has 21 heavy (non-hydrogen) atoms. The van der Waals surface area contributed by atoms with Crippen molar-refractivity contribution in [2.45, 2.75) is 18.9 Å². The van der Waals surface area contributed by atoms with Crippen LogP contribution in [0, 0.1) is 0 Å². The Kier molecular flexibility index (Phi) is 4.06. The van der Waals surface area contributed by atoms with Crippen LogP contribution in [0.4, 0.5) is 5.69 Å². The summed E-state index contributed by atoms with van der Waals surface area (Å²) >= 11 is 3.53. The van der Waals surface area contributed by atoms with E-state index in [1.807, 2.05) is 18.2 Å². The third-order valence-corrected chi connectivity index (χ3v) is 4.54. The summed E-state index contributed by atoms with van der Waals surface area (Å²) in [5.74, 6) is 1.76. The second-order valence-electron chi connectivity index (χ2n) is 5.15. The smallest absolute Gasteiger partial charge is 0.133 e. The van der Waals surface area contributed by atoms with Gasteiger partial charge >= 0.3 is 0 Å². The van der Waals surface area contributed by atoms with E-state index in [0.29, 0.717) is 6.04 Å². The minimum atomic E-state index is 0.329. The number of methoxy groups -OCH3 is 2. The van der Waals surface area contributed by atoms with Gasteiger partial charge in [0.1, 0.15) is 11.5 Å². The fourth-order valence-electron chi connectivity index (χ4n) is 2.81. The maximum absolute atomic E-state index is 5.34. The number of benzene rings is 2. The van der Waals surface area contributed by atoms with Gasteiger partial charge in [0.05, 0.1) is 24.7 Å². The van der Waals surface area contributed by atoms with Gasteiger partial charge in [-0.05, 0) is 70.2 Å². The van der Waals surface area contributed by atoms with Crippen molar-refractivity contribution in [3.05, 3.63) is 52.0 Å². The van der Waals surface area contributed by atoms with Gasteiger partial charge in [-0.25, -0.2) is 0 Å². The van der Waals surface area contributed by atoms with Gasteiger partial charge in [0, 0.05) is 5.69 Å². The third kappa shape index (κ3) is 2.86. The first kappa shape index (κ1) is 14.3. The number of aryl methyl sites for hydroxylation is 1. The van der Waals surface area contributed by atoms with Crippen LogP contribution in [0.5, 0.6) is 11.5 Å². The Labute approximate surface area is 133 Å². The van der Waals surface area contributed by atoms with E-state index in [2.05, 4.69) is 39.4 Å². The number of ether oxygens (including phenoxy) is 2. The van der Waals surface area contributed by atoms with E-state index in [0.717, 1.165) is 34.5 Å². The van der Waals surface area contributed by atoms with Gasteiger partial charge in [-0.1, -0.05) is 6.07 Å². The van der Waals surface area contributed by atoms with Crippen molar-refractivity contribution < 1.29 is 9.47 Å². The molecule has 0 aliphatic heterocycles. The summed E-state index contributed by atoms with van der Waals surface area (Å²) in [5.41, 5.74) is 3.82. The van der Waals surface area contributed by atoms with Crippen molar-refractivity contribution in [1.29, 1.82) is 0 Å². The average Bonchev–Trinajstić information content (AvgIpc) is 2.90. The van der Waals surface area contributed by atoms with E-state index in [1.165, 1.54) is 11.1 Å². The summed E-state index contributed by atoms with van der Waals surface area (Å²) in [6.45, 7) is 0. The Bertz CT molecular complexity index is 657. The Balaban J connectivity index is 1.83. The number of hydrogen-bond donors (Lipinski definition) is 1. The molecule has 1 aliphatic rings. The molecule has 3 rings (SSSR count). The molecule has 1 atom stereocenters. The zero-order chi connectivity index (χ0) is 14.8. The van der Waals surface area contributed by atoms with E-state index in [1.54, 1.807) is 14.2 Å². The van der Waals surface area contributed by atoms with Crippen LogP contribution >= 0.6 is 15.9 Å². The number of anilines is 1. The van der Waals surface area contributed by atoms with Crippen molar-refractivity contribution in [2.75, 3.05) is 19.5 Å². The van der Waals surface area contributed by atoms with Crippen molar-refractivity contribution >= 4 is 21.6 Å². The fraction of sp³-hybridized carbons (Fsp3) is 0.294. The van der Waals surface area contributed by atoms with Crippen LogP contribution in [0.15, 0.2) is 40.9 Å². The molecule has 1 N–H and O–H groups in total. The molecular formula is C17H18BrNO2. The molecule has 0 saturated heterocycles. The van der Waals surface area contributed by atoms with Crippen LogP contribution in [0.25, 0.3) is 0 Å². The summed E-state index contributed by atoms with van der Waals surface area (Å²) in [7, 11) is 3.38. The quantitative estimate of drug-likeness (QED) is 0.878. The number of halogens is 1. The molecule has 0 heterocycles. The van der Waals surface area contributed by atoms with Crippen molar-refractivity contribution in [2.24, 2.45) is 0 Å². The van der Waals surface area contributed by atoms with Crippen LogP contribution in [0.2, 0.25) is 0 Å². The number of hydrogen-bond acceptors (Lipinski definition) is 3. The van der Waals surface area contributed by atoms with E-state index >= 15 is 0 Å². The highest BCUT2D eigenvalue weighted by Gasteiger charge is 2.23. The molecule has 2 aromatic carbocycles. The number of rotatable bonds is 4. The van der Waals surface area contributed by atoms with E-state index < -0.39 is 0 Å². The zero-order valence-corrected chi connectivity index (χ0v) is 13.7. The summed E-state index contributed by atoms with van der Waals surface area (Å²) in [6.07, 6.45) is 2.21. The Morgan fingerprint density at radius 2 is 1.95 bits per heavy atom. The minimum Gasteiger partial charge on any atom is -0.497 e. The Morgan fingerprint density at radius 3 is 2.67 bits per heavy atom. The number of nitrogens with one attached hydrogen (secondary N) is 1. The highest BCUT2D eigenvalue weighted by atomic mass is 79.9. The first-order valence-electron chi connectivity index (χ1n) is 6.98. The lowest BCUT2D eigenvalue weighted by Gasteiger charge is -2.17. The predicted molar refractivity (Wildman–Crippen MR) is 88.4 cm³/mol. The molecular weight excluding hydrogens is 330 g/mol. The SMILES string of the molecule is COc1ccc2c(c1)C(Nc1ccc(OC)c(Br)c1)CC2. The molecule has 1 unspecified atom stereocenters. The van der Waals surface area contributed by atoms with Crippen molar-refractivity contribution in [3.63, 3.8) is 0 Å². The van der Waals surface area contributed by atoms with Crippen LogP contribution in [0.3, 0.4) is 0 Å². The molecule has 1 aliphatic carbocycles. The summed E-state index contributed by atoms with van der Waals surface area (Å²) in [6, 6.07) is 12.7. The van der Waals surface area contributed by atoms with Gasteiger partial charge in [-0.3, -0.25) is 0 Å². The molecule has 0 radical (unpaired) electrons. The largest absolute Gasteiger partial charge is 0.497 e. The van der Waals surface area contributed by atoms with Gasteiger partial charge in [-0.15, -0.1) is 0 Å². The molecule has 0 aromatic heterocycles. The summed E-state index contributed by atoms with van der Waals surface area (Å²) < 4.78 is 11.6. The van der Waals surface area contributed by atoms with Gasteiger partial charge in [0.25, 0.3) is 0 Å². The third-order valence-electron chi connectivity index (χ3n) is 3.92. The van der Waals surface area contributed by atoms with Gasteiger partial charge in [0.2, 0.25) is 0 Å². The highest BCUT2D eigenvalue weighted by molar-refractivity contribution is 9.10. The molecule has 0 spiro atoms. The Hall–Kier alpha value is -1.68. The predicted octanol–water partition coefficient (Wildman–Crippen LogP) is 4.57. The minimum absolute atomic E-state index is 0.329. The molecule has 0 bridgehead atoms. The fourth-order valence-corrected chi connectivity index (χ4v) is 3.36. The second kappa shape index (κ2) is 5.98. The zero-order valence-electron chi connectivity index (χ0n) is 12.2.